The first-order valence-electron chi connectivity index (χ1n) is 11.0. The first kappa shape index (κ1) is 19.8. The zero-order chi connectivity index (χ0) is 19.5. The molecular formula is C24H32ClN3. The van der Waals surface area contributed by atoms with Crippen molar-refractivity contribution in [2.45, 2.75) is 64.7 Å². The molecule has 4 rings (SSSR count). The Kier molecular flexibility index (Phi) is 6.32. The van der Waals surface area contributed by atoms with Gasteiger partial charge in [-0.2, -0.15) is 0 Å². The minimum atomic E-state index is 0.331. The van der Waals surface area contributed by atoms with E-state index in [9.17, 15) is 0 Å². The fraction of sp³-hybridized carbons (Fsp3) is 0.583. The minimum absolute atomic E-state index is 0.331. The Bertz CT molecular complexity index is 794. The molecule has 3 nitrogen and oxygen atoms in total. The Labute approximate surface area is 174 Å². The molecule has 1 fully saturated rings. The highest BCUT2D eigenvalue weighted by Crippen LogP contribution is 2.30. The van der Waals surface area contributed by atoms with Crippen LogP contribution in [0.25, 0.3) is 11.3 Å². The molecule has 4 heteroatoms. The average Bonchev–Trinajstić information content (AvgIpc) is 2.91. The SMILES string of the molecule is CC(C)c1nc2c(c(-c3ccc(Cl)cc3)n1)CCN(CC1CCCCC1)CC2. The van der Waals surface area contributed by atoms with Crippen LogP contribution in [0.5, 0.6) is 0 Å². The fourth-order valence-electron chi connectivity index (χ4n) is 4.69. The number of benzene rings is 1. The Hall–Kier alpha value is -1.45. The van der Waals surface area contributed by atoms with Crippen LogP contribution in [0.4, 0.5) is 0 Å². The molecular weight excluding hydrogens is 366 g/mol. The molecule has 1 aliphatic carbocycles. The van der Waals surface area contributed by atoms with Crippen molar-refractivity contribution in [2.24, 2.45) is 5.92 Å². The zero-order valence-electron chi connectivity index (χ0n) is 17.3. The zero-order valence-corrected chi connectivity index (χ0v) is 18.0. The Morgan fingerprint density at radius 2 is 1.71 bits per heavy atom. The van der Waals surface area contributed by atoms with Gasteiger partial charge in [0, 0.05) is 53.8 Å². The van der Waals surface area contributed by atoms with Crippen LogP contribution in [0.2, 0.25) is 5.02 Å². The summed E-state index contributed by atoms with van der Waals surface area (Å²) in [6.45, 7) is 7.86. The van der Waals surface area contributed by atoms with Crippen LogP contribution in [-0.4, -0.2) is 34.5 Å². The number of halogens is 1. The third kappa shape index (κ3) is 4.58. The van der Waals surface area contributed by atoms with Crippen molar-refractivity contribution in [3.63, 3.8) is 0 Å². The molecule has 1 saturated carbocycles. The van der Waals surface area contributed by atoms with Gasteiger partial charge >= 0.3 is 0 Å². The van der Waals surface area contributed by atoms with Gasteiger partial charge in [0.1, 0.15) is 5.82 Å². The first-order valence-corrected chi connectivity index (χ1v) is 11.4. The van der Waals surface area contributed by atoms with Crippen LogP contribution < -0.4 is 0 Å². The number of nitrogens with zero attached hydrogens (tertiary/aromatic N) is 3. The molecule has 0 N–H and O–H groups in total. The highest BCUT2D eigenvalue weighted by molar-refractivity contribution is 6.30. The Morgan fingerprint density at radius 1 is 1.00 bits per heavy atom. The van der Waals surface area contributed by atoms with Gasteiger partial charge in [0.15, 0.2) is 0 Å². The van der Waals surface area contributed by atoms with Crippen LogP contribution in [0.15, 0.2) is 24.3 Å². The van der Waals surface area contributed by atoms with Gasteiger partial charge in [-0.15, -0.1) is 0 Å². The molecule has 0 bridgehead atoms. The lowest BCUT2D eigenvalue weighted by molar-refractivity contribution is 0.207. The smallest absolute Gasteiger partial charge is 0.131 e. The monoisotopic (exact) mass is 397 g/mol. The second kappa shape index (κ2) is 8.92. The standard InChI is InChI=1S/C24H32ClN3/c1-17(2)24-26-22-13-15-28(16-18-6-4-3-5-7-18)14-12-21(22)23(27-24)19-8-10-20(25)11-9-19/h8-11,17-18H,3-7,12-16H2,1-2H3. The van der Waals surface area contributed by atoms with E-state index >= 15 is 0 Å². The highest BCUT2D eigenvalue weighted by Gasteiger charge is 2.24. The van der Waals surface area contributed by atoms with E-state index in [2.05, 4.69) is 30.9 Å². The second-order valence-electron chi connectivity index (χ2n) is 8.82. The Morgan fingerprint density at radius 3 is 2.43 bits per heavy atom. The third-order valence-corrected chi connectivity index (χ3v) is 6.58. The first-order chi connectivity index (χ1) is 13.6. The van der Waals surface area contributed by atoms with Crippen molar-refractivity contribution in [1.82, 2.24) is 14.9 Å². The van der Waals surface area contributed by atoms with Crippen LogP contribution in [0.3, 0.4) is 0 Å². The van der Waals surface area contributed by atoms with Gasteiger partial charge < -0.3 is 4.90 Å². The van der Waals surface area contributed by atoms with E-state index in [0.29, 0.717) is 5.92 Å². The van der Waals surface area contributed by atoms with Gasteiger partial charge in [0.2, 0.25) is 0 Å². The number of hydrogen-bond donors (Lipinski definition) is 0. The number of fused-ring (bicyclic) bond motifs is 1. The predicted molar refractivity (Wildman–Crippen MR) is 117 cm³/mol. The molecule has 1 aromatic heterocycles. The van der Waals surface area contributed by atoms with Crippen molar-refractivity contribution in [2.75, 3.05) is 19.6 Å². The van der Waals surface area contributed by atoms with E-state index in [1.807, 2.05) is 12.1 Å². The molecule has 0 radical (unpaired) electrons. The lowest BCUT2D eigenvalue weighted by Gasteiger charge is -2.28. The largest absolute Gasteiger partial charge is 0.302 e. The molecule has 0 saturated heterocycles. The van der Waals surface area contributed by atoms with Crippen molar-refractivity contribution < 1.29 is 0 Å². The quantitative estimate of drug-likeness (QED) is 0.642. The van der Waals surface area contributed by atoms with E-state index < -0.39 is 0 Å². The molecule has 1 aromatic carbocycles. The molecule has 2 heterocycles. The van der Waals surface area contributed by atoms with Gasteiger partial charge in [-0.25, -0.2) is 9.97 Å². The molecule has 0 atom stereocenters. The normalized spacial score (nSPS) is 18.9. The summed E-state index contributed by atoms with van der Waals surface area (Å²) in [5.74, 6) is 2.19. The second-order valence-corrected chi connectivity index (χ2v) is 9.26. The van der Waals surface area contributed by atoms with Crippen LogP contribution in [-0.2, 0) is 12.8 Å². The molecule has 0 unspecified atom stereocenters. The van der Waals surface area contributed by atoms with Gasteiger partial charge in [0.25, 0.3) is 0 Å². The van der Waals surface area contributed by atoms with Crippen molar-refractivity contribution in [3.8, 4) is 11.3 Å². The third-order valence-electron chi connectivity index (χ3n) is 6.33. The number of aromatic nitrogens is 2. The summed E-state index contributed by atoms with van der Waals surface area (Å²) in [6.07, 6.45) is 9.17. The van der Waals surface area contributed by atoms with E-state index in [1.54, 1.807) is 0 Å². The molecule has 150 valence electrons. The molecule has 28 heavy (non-hydrogen) atoms. The minimum Gasteiger partial charge on any atom is -0.302 e. The number of hydrogen-bond acceptors (Lipinski definition) is 3. The van der Waals surface area contributed by atoms with Gasteiger partial charge in [-0.3, -0.25) is 0 Å². The maximum atomic E-state index is 6.12. The summed E-state index contributed by atoms with van der Waals surface area (Å²) in [4.78, 5) is 12.7. The van der Waals surface area contributed by atoms with Crippen molar-refractivity contribution in [1.29, 1.82) is 0 Å². The summed E-state index contributed by atoms with van der Waals surface area (Å²) in [5, 5.41) is 0.770. The molecule has 1 aliphatic heterocycles. The maximum Gasteiger partial charge on any atom is 0.131 e. The van der Waals surface area contributed by atoms with Crippen LogP contribution >= 0.6 is 11.6 Å². The van der Waals surface area contributed by atoms with Gasteiger partial charge in [-0.1, -0.05) is 56.8 Å². The predicted octanol–water partition coefficient (Wildman–Crippen LogP) is 5.90. The summed E-state index contributed by atoms with van der Waals surface area (Å²) in [5.41, 5.74) is 4.88. The van der Waals surface area contributed by atoms with Crippen molar-refractivity contribution in [3.05, 3.63) is 46.4 Å². The molecule has 0 spiro atoms. The van der Waals surface area contributed by atoms with E-state index in [1.165, 1.54) is 49.9 Å². The van der Waals surface area contributed by atoms with Crippen molar-refractivity contribution >= 4 is 11.6 Å². The van der Waals surface area contributed by atoms with E-state index in [-0.39, 0.29) is 0 Å². The van der Waals surface area contributed by atoms with Crippen LogP contribution in [0, 0.1) is 5.92 Å². The van der Waals surface area contributed by atoms with E-state index in [0.717, 1.165) is 54.0 Å². The summed E-state index contributed by atoms with van der Waals surface area (Å²) < 4.78 is 0. The average molecular weight is 398 g/mol. The fourth-order valence-corrected chi connectivity index (χ4v) is 4.81. The lowest BCUT2D eigenvalue weighted by Crippen LogP contribution is -2.32. The van der Waals surface area contributed by atoms with E-state index in [4.69, 9.17) is 21.6 Å². The molecule has 2 aliphatic rings. The number of rotatable bonds is 4. The summed E-state index contributed by atoms with van der Waals surface area (Å²) >= 11 is 6.12. The van der Waals surface area contributed by atoms with Gasteiger partial charge in [0.05, 0.1) is 5.69 Å². The van der Waals surface area contributed by atoms with Gasteiger partial charge in [-0.05, 0) is 37.3 Å². The summed E-state index contributed by atoms with van der Waals surface area (Å²) in [6, 6.07) is 8.12. The topological polar surface area (TPSA) is 29.0 Å². The lowest BCUT2D eigenvalue weighted by atomic mass is 9.89. The Balaban J connectivity index is 1.60. The highest BCUT2D eigenvalue weighted by atomic mass is 35.5. The molecule has 0 amide bonds. The summed E-state index contributed by atoms with van der Waals surface area (Å²) in [7, 11) is 0. The van der Waals surface area contributed by atoms with Crippen LogP contribution in [0.1, 0.15) is 69.0 Å². The maximum absolute atomic E-state index is 6.12. The molecule has 2 aromatic rings.